The summed E-state index contributed by atoms with van der Waals surface area (Å²) in [6.07, 6.45) is 6.09. The molecular formula is C23H36N2OS. The highest BCUT2D eigenvalue weighted by Gasteiger charge is 2.26. The standard InChI is InChI=1S/C23H36N2OS/c1-8-9-10-11-12-16-15-27-21(24-16)25-17-13-18(22(2,3)4)20(26)19(14-17)23(5,6)7/h13-15,26H,8-12H2,1-7H3,(H,24,25). The number of nitrogens with one attached hydrogen (secondary N) is 1. The van der Waals surface area contributed by atoms with Gasteiger partial charge in [0.25, 0.3) is 0 Å². The van der Waals surface area contributed by atoms with E-state index in [0.717, 1.165) is 28.4 Å². The Bertz CT molecular complexity index is 715. The monoisotopic (exact) mass is 388 g/mol. The van der Waals surface area contributed by atoms with E-state index in [1.807, 2.05) is 0 Å². The number of hydrogen-bond donors (Lipinski definition) is 2. The second kappa shape index (κ2) is 8.64. The molecule has 0 bridgehead atoms. The van der Waals surface area contributed by atoms with Gasteiger partial charge in [-0.25, -0.2) is 4.98 Å². The largest absolute Gasteiger partial charge is 0.507 e. The van der Waals surface area contributed by atoms with Gasteiger partial charge in [0.05, 0.1) is 5.69 Å². The lowest BCUT2D eigenvalue weighted by Crippen LogP contribution is -2.17. The first-order valence-corrected chi connectivity index (χ1v) is 11.0. The van der Waals surface area contributed by atoms with Crippen LogP contribution in [0.2, 0.25) is 0 Å². The van der Waals surface area contributed by atoms with Crippen molar-refractivity contribution in [3.8, 4) is 5.75 Å². The minimum Gasteiger partial charge on any atom is -0.507 e. The first kappa shape index (κ1) is 21.7. The molecular weight excluding hydrogens is 352 g/mol. The third kappa shape index (κ3) is 5.97. The number of hydrogen-bond acceptors (Lipinski definition) is 4. The molecule has 1 aromatic heterocycles. The van der Waals surface area contributed by atoms with Crippen LogP contribution < -0.4 is 5.32 Å². The third-order valence-electron chi connectivity index (χ3n) is 4.82. The number of rotatable bonds is 7. The van der Waals surface area contributed by atoms with Crippen LogP contribution in [-0.2, 0) is 17.3 Å². The summed E-state index contributed by atoms with van der Waals surface area (Å²) < 4.78 is 0. The fourth-order valence-corrected chi connectivity index (χ4v) is 3.95. The molecule has 0 atom stereocenters. The van der Waals surface area contributed by atoms with E-state index in [2.05, 4.69) is 71.3 Å². The van der Waals surface area contributed by atoms with Crippen LogP contribution in [0.25, 0.3) is 0 Å². The average molecular weight is 389 g/mol. The molecule has 0 aliphatic heterocycles. The van der Waals surface area contributed by atoms with E-state index < -0.39 is 0 Å². The molecule has 2 rings (SSSR count). The number of aromatic nitrogens is 1. The van der Waals surface area contributed by atoms with Crippen molar-refractivity contribution in [3.63, 3.8) is 0 Å². The molecule has 27 heavy (non-hydrogen) atoms. The van der Waals surface area contributed by atoms with E-state index in [1.54, 1.807) is 11.3 Å². The molecule has 0 aliphatic carbocycles. The number of anilines is 2. The zero-order valence-electron chi connectivity index (χ0n) is 18.1. The smallest absolute Gasteiger partial charge is 0.187 e. The van der Waals surface area contributed by atoms with Gasteiger partial charge in [0.2, 0.25) is 0 Å². The predicted molar refractivity (Wildman–Crippen MR) is 119 cm³/mol. The molecule has 0 radical (unpaired) electrons. The molecule has 1 aromatic carbocycles. The van der Waals surface area contributed by atoms with Crippen LogP contribution in [0.1, 0.15) is 91.0 Å². The first-order valence-electron chi connectivity index (χ1n) is 10.1. The van der Waals surface area contributed by atoms with Crippen molar-refractivity contribution in [1.29, 1.82) is 0 Å². The Balaban J connectivity index is 2.25. The summed E-state index contributed by atoms with van der Waals surface area (Å²) in [4.78, 5) is 4.75. The van der Waals surface area contributed by atoms with E-state index in [4.69, 9.17) is 4.98 Å². The van der Waals surface area contributed by atoms with Crippen molar-refractivity contribution in [2.75, 3.05) is 5.32 Å². The maximum atomic E-state index is 10.9. The second-order valence-corrected chi connectivity index (χ2v) is 10.4. The van der Waals surface area contributed by atoms with Crippen LogP contribution in [0.5, 0.6) is 5.75 Å². The average Bonchev–Trinajstić information content (AvgIpc) is 2.98. The zero-order valence-corrected chi connectivity index (χ0v) is 18.9. The lowest BCUT2D eigenvalue weighted by molar-refractivity contribution is 0.423. The minimum absolute atomic E-state index is 0.130. The molecule has 0 fully saturated rings. The highest BCUT2D eigenvalue weighted by atomic mass is 32.1. The van der Waals surface area contributed by atoms with Gasteiger partial charge in [-0.2, -0.15) is 0 Å². The number of phenolic OH excluding ortho intramolecular Hbond substituents is 1. The predicted octanol–water partition coefficient (Wildman–Crippen LogP) is 7.31. The van der Waals surface area contributed by atoms with E-state index in [9.17, 15) is 5.11 Å². The Kier molecular flexibility index (Phi) is 6.96. The Hall–Kier alpha value is -1.55. The van der Waals surface area contributed by atoms with Gasteiger partial charge in [0.1, 0.15) is 5.75 Å². The van der Waals surface area contributed by atoms with Crippen molar-refractivity contribution in [1.82, 2.24) is 4.98 Å². The lowest BCUT2D eigenvalue weighted by atomic mass is 9.79. The van der Waals surface area contributed by atoms with Crippen LogP contribution >= 0.6 is 11.3 Å². The molecule has 4 heteroatoms. The van der Waals surface area contributed by atoms with E-state index >= 15 is 0 Å². The Labute approximate surface area is 169 Å². The third-order valence-corrected chi connectivity index (χ3v) is 5.62. The molecule has 2 aromatic rings. The number of phenols is 1. The zero-order chi connectivity index (χ0) is 20.2. The van der Waals surface area contributed by atoms with Crippen molar-refractivity contribution in [3.05, 3.63) is 34.3 Å². The van der Waals surface area contributed by atoms with Crippen LogP contribution in [0.15, 0.2) is 17.5 Å². The number of aryl methyl sites for hydroxylation is 1. The van der Waals surface area contributed by atoms with Crippen molar-refractivity contribution < 1.29 is 5.11 Å². The van der Waals surface area contributed by atoms with Gasteiger partial charge in [-0.3, -0.25) is 0 Å². The topological polar surface area (TPSA) is 45.1 Å². The maximum absolute atomic E-state index is 10.9. The summed E-state index contributed by atoms with van der Waals surface area (Å²) in [5, 5.41) is 17.4. The summed E-state index contributed by atoms with van der Waals surface area (Å²) in [5.41, 5.74) is 3.84. The quantitative estimate of drug-likeness (QED) is 0.386. The van der Waals surface area contributed by atoms with Crippen LogP contribution in [0.4, 0.5) is 10.8 Å². The number of unbranched alkanes of at least 4 members (excludes halogenated alkanes) is 3. The normalized spacial score (nSPS) is 12.4. The number of aromatic hydroxyl groups is 1. The van der Waals surface area contributed by atoms with Crippen LogP contribution in [0, 0.1) is 0 Å². The summed E-state index contributed by atoms with van der Waals surface area (Å²) >= 11 is 1.65. The molecule has 0 unspecified atom stereocenters. The van der Waals surface area contributed by atoms with Gasteiger partial charge < -0.3 is 10.4 Å². The second-order valence-electron chi connectivity index (χ2n) is 9.50. The summed E-state index contributed by atoms with van der Waals surface area (Å²) in [6, 6.07) is 4.12. The minimum atomic E-state index is -0.130. The fraction of sp³-hybridized carbons (Fsp3) is 0.609. The molecule has 0 saturated heterocycles. The van der Waals surface area contributed by atoms with Gasteiger partial charge in [0.15, 0.2) is 5.13 Å². The first-order chi connectivity index (χ1) is 12.5. The summed E-state index contributed by atoms with van der Waals surface area (Å²) in [7, 11) is 0. The Morgan fingerprint density at radius 3 is 2.07 bits per heavy atom. The maximum Gasteiger partial charge on any atom is 0.187 e. The Morgan fingerprint density at radius 1 is 0.963 bits per heavy atom. The van der Waals surface area contributed by atoms with Crippen molar-refractivity contribution >= 4 is 22.2 Å². The number of nitrogens with zero attached hydrogens (tertiary/aromatic N) is 1. The fourth-order valence-electron chi connectivity index (χ4n) is 3.19. The van der Waals surface area contributed by atoms with Crippen LogP contribution in [-0.4, -0.2) is 10.1 Å². The van der Waals surface area contributed by atoms with Gasteiger partial charge in [-0.05, 0) is 35.8 Å². The van der Waals surface area contributed by atoms with Gasteiger partial charge in [-0.15, -0.1) is 11.3 Å². The highest BCUT2D eigenvalue weighted by Crippen LogP contribution is 2.41. The van der Waals surface area contributed by atoms with E-state index in [0.29, 0.717) is 5.75 Å². The molecule has 0 aliphatic rings. The van der Waals surface area contributed by atoms with Crippen molar-refractivity contribution in [2.24, 2.45) is 0 Å². The summed E-state index contributed by atoms with van der Waals surface area (Å²) in [6.45, 7) is 15.0. The van der Waals surface area contributed by atoms with Gasteiger partial charge in [0, 0.05) is 22.2 Å². The van der Waals surface area contributed by atoms with E-state index in [1.165, 1.54) is 31.4 Å². The molecule has 0 amide bonds. The molecule has 3 nitrogen and oxygen atoms in total. The molecule has 1 heterocycles. The van der Waals surface area contributed by atoms with Gasteiger partial charge in [-0.1, -0.05) is 67.7 Å². The molecule has 2 N–H and O–H groups in total. The lowest BCUT2D eigenvalue weighted by Gasteiger charge is -2.28. The Morgan fingerprint density at radius 2 is 1.56 bits per heavy atom. The van der Waals surface area contributed by atoms with E-state index in [-0.39, 0.29) is 10.8 Å². The van der Waals surface area contributed by atoms with Gasteiger partial charge >= 0.3 is 0 Å². The highest BCUT2D eigenvalue weighted by molar-refractivity contribution is 7.13. The van der Waals surface area contributed by atoms with Crippen molar-refractivity contribution in [2.45, 2.75) is 91.4 Å². The number of benzene rings is 1. The SMILES string of the molecule is CCCCCCc1csc(Nc2cc(C(C)(C)C)c(O)c(C(C)(C)C)c2)n1. The van der Waals surface area contributed by atoms with Crippen LogP contribution in [0.3, 0.4) is 0 Å². The molecule has 150 valence electrons. The molecule has 0 saturated carbocycles. The number of thiazole rings is 1. The molecule has 0 spiro atoms. The summed E-state index contributed by atoms with van der Waals surface area (Å²) in [5.74, 6) is 0.413.